The summed E-state index contributed by atoms with van der Waals surface area (Å²) in [6.07, 6.45) is 1.81. The number of ether oxygens (including phenoxy) is 1. The van der Waals surface area contributed by atoms with E-state index in [1.54, 1.807) is 7.11 Å². The third kappa shape index (κ3) is 3.29. The normalized spacial score (nSPS) is 14.9. The Morgan fingerprint density at radius 3 is 2.48 bits per heavy atom. The summed E-state index contributed by atoms with van der Waals surface area (Å²) in [6, 6.07) is 3.86. The molecule has 0 N–H and O–H groups in total. The number of methoxy groups -OCH3 is 1. The average Bonchev–Trinajstić information content (AvgIpc) is 2.93. The number of carbonyl (C=O) groups excluding carboxylic acids is 1. The smallest absolute Gasteiger partial charge is 0.265 e. The van der Waals surface area contributed by atoms with Crippen LogP contribution in [0.5, 0.6) is 5.88 Å². The van der Waals surface area contributed by atoms with Crippen LogP contribution in [0.3, 0.4) is 0 Å². The summed E-state index contributed by atoms with van der Waals surface area (Å²) in [4.78, 5) is 26.1. The molecule has 6 nitrogen and oxygen atoms in total. The van der Waals surface area contributed by atoms with Crippen LogP contribution in [0.25, 0.3) is 0 Å². The fourth-order valence-corrected chi connectivity index (χ4v) is 3.61. The lowest BCUT2D eigenvalue weighted by molar-refractivity contribution is 0.0750. The molecule has 23 heavy (non-hydrogen) atoms. The number of amides is 1. The van der Waals surface area contributed by atoms with Crippen LogP contribution in [0.1, 0.15) is 20.4 Å². The first-order valence-electron chi connectivity index (χ1n) is 7.57. The zero-order chi connectivity index (χ0) is 16.4. The van der Waals surface area contributed by atoms with E-state index in [0.717, 1.165) is 34.4 Å². The van der Waals surface area contributed by atoms with Gasteiger partial charge in [0.15, 0.2) is 0 Å². The first-order chi connectivity index (χ1) is 11.1. The molecule has 0 unspecified atom stereocenters. The zero-order valence-corrected chi connectivity index (χ0v) is 14.4. The van der Waals surface area contributed by atoms with Gasteiger partial charge in [-0.25, -0.2) is 9.97 Å². The van der Waals surface area contributed by atoms with Gasteiger partial charge >= 0.3 is 0 Å². The summed E-state index contributed by atoms with van der Waals surface area (Å²) in [5.74, 6) is 0.708. The number of hydrogen-bond acceptors (Lipinski definition) is 6. The van der Waals surface area contributed by atoms with Crippen molar-refractivity contribution >= 4 is 22.9 Å². The Labute approximate surface area is 139 Å². The van der Waals surface area contributed by atoms with Crippen molar-refractivity contribution in [3.8, 4) is 5.88 Å². The van der Waals surface area contributed by atoms with Gasteiger partial charge in [0.25, 0.3) is 5.91 Å². The molecule has 0 bridgehead atoms. The molecule has 1 fully saturated rings. The van der Waals surface area contributed by atoms with Gasteiger partial charge in [-0.3, -0.25) is 4.79 Å². The van der Waals surface area contributed by atoms with E-state index in [2.05, 4.69) is 14.9 Å². The third-order valence-electron chi connectivity index (χ3n) is 3.96. The number of nitrogens with zero attached hydrogens (tertiary/aromatic N) is 4. The van der Waals surface area contributed by atoms with Gasteiger partial charge in [-0.2, -0.15) is 0 Å². The van der Waals surface area contributed by atoms with Crippen molar-refractivity contribution in [2.45, 2.75) is 13.8 Å². The number of piperazine rings is 1. The van der Waals surface area contributed by atoms with Crippen LogP contribution in [-0.4, -0.2) is 54.1 Å². The standard InChI is InChI=1S/C16H20N4O2S/c1-11-15(23-12(2)18-11)16(21)20-8-6-19(7-9-20)13-4-5-14(22-3)17-10-13/h4-5,10H,6-9H2,1-3H3. The zero-order valence-electron chi connectivity index (χ0n) is 13.6. The highest BCUT2D eigenvalue weighted by Crippen LogP contribution is 2.22. The SMILES string of the molecule is COc1ccc(N2CCN(C(=O)c3sc(C)nc3C)CC2)cn1. The van der Waals surface area contributed by atoms with Gasteiger partial charge in [0.05, 0.1) is 29.7 Å². The molecule has 1 aliphatic heterocycles. The molecule has 0 radical (unpaired) electrons. The van der Waals surface area contributed by atoms with E-state index >= 15 is 0 Å². The molecular formula is C16H20N4O2S. The molecule has 0 saturated carbocycles. The van der Waals surface area contributed by atoms with Gasteiger partial charge < -0.3 is 14.5 Å². The first-order valence-corrected chi connectivity index (χ1v) is 8.38. The molecular weight excluding hydrogens is 312 g/mol. The van der Waals surface area contributed by atoms with Crippen molar-refractivity contribution < 1.29 is 9.53 Å². The van der Waals surface area contributed by atoms with Crippen LogP contribution in [0.2, 0.25) is 0 Å². The summed E-state index contributed by atoms with van der Waals surface area (Å²) in [7, 11) is 1.61. The molecule has 0 atom stereocenters. The van der Waals surface area contributed by atoms with Crippen molar-refractivity contribution in [2.24, 2.45) is 0 Å². The van der Waals surface area contributed by atoms with Crippen LogP contribution < -0.4 is 9.64 Å². The number of pyridine rings is 1. The van der Waals surface area contributed by atoms with Gasteiger partial charge in [0, 0.05) is 32.2 Å². The Hall–Kier alpha value is -2.15. The summed E-state index contributed by atoms with van der Waals surface area (Å²) < 4.78 is 5.08. The van der Waals surface area contributed by atoms with Crippen LogP contribution in [0, 0.1) is 13.8 Å². The number of aromatic nitrogens is 2. The topological polar surface area (TPSA) is 58.6 Å². The summed E-state index contributed by atoms with van der Waals surface area (Å²) in [6.45, 7) is 6.86. The van der Waals surface area contributed by atoms with Crippen LogP contribution >= 0.6 is 11.3 Å². The molecule has 1 amide bonds. The molecule has 122 valence electrons. The lowest BCUT2D eigenvalue weighted by atomic mass is 10.2. The molecule has 7 heteroatoms. The second kappa shape index (κ2) is 6.54. The summed E-state index contributed by atoms with van der Waals surface area (Å²) >= 11 is 1.48. The second-order valence-electron chi connectivity index (χ2n) is 5.49. The maximum atomic E-state index is 12.6. The molecule has 0 aliphatic carbocycles. The van der Waals surface area contributed by atoms with Crippen molar-refractivity contribution in [3.05, 3.63) is 33.9 Å². The van der Waals surface area contributed by atoms with Crippen molar-refractivity contribution in [3.63, 3.8) is 0 Å². The van der Waals surface area contributed by atoms with E-state index in [-0.39, 0.29) is 5.91 Å². The highest BCUT2D eigenvalue weighted by atomic mass is 32.1. The molecule has 0 aromatic carbocycles. The lowest BCUT2D eigenvalue weighted by Crippen LogP contribution is -2.48. The molecule has 1 saturated heterocycles. The van der Waals surface area contributed by atoms with Gasteiger partial charge in [-0.15, -0.1) is 11.3 Å². The maximum Gasteiger partial charge on any atom is 0.265 e. The van der Waals surface area contributed by atoms with Gasteiger partial charge in [0.1, 0.15) is 4.88 Å². The van der Waals surface area contributed by atoms with E-state index in [1.807, 2.05) is 37.1 Å². The van der Waals surface area contributed by atoms with Crippen LogP contribution in [0.15, 0.2) is 18.3 Å². The third-order valence-corrected chi connectivity index (χ3v) is 5.02. The van der Waals surface area contributed by atoms with Crippen molar-refractivity contribution in [1.82, 2.24) is 14.9 Å². The number of aryl methyl sites for hydroxylation is 2. The van der Waals surface area contributed by atoms with Crippen molar-refractivity contribution in [1.29, 1.82) is 0 Å². The predicted molar refractivity (Wildman–Crippen MR) is 90.5 cm³/mol. The number of thiazole rings is 1. The molecule has 2 aromatic heterocycles. The Morgan fingerprint density at radius 1 is 1.22 bits per heavy atom. The van der Waals surface area contributed by atoms with Gasteiger partial charge in [-0.1, -0.05) is 0 Å². The fourth-order valence-electron chi connectivity index (χ4n) is 2.72. The first kappa shape index (κ1) is 15.7. The molecule has 2 aromatic rings. The summed E-state index contributed by atoms with van der Waals surface area (Å²) in [5.41, 5.74) is 1.89. The largest absolute Gasteiger partial charge is 0.481 e. The number of anilines is 1. The maximum absolute atomic E-state index is 12.6. The highest BCUT2D eigenvalue weighted by Gasteiger charge is 2.25. The Morgan fingerprint density at radius 2 is 1.96 bits per heavy atom. The minimum atomic E-state index is 0.0978. The molecule has 3 rings (SSSR count). The predicted octanol–water partition coefficient (Wildman–Crippen LogP) is 2.13. The number of hydrogen-bond donors (Lipinski definition) is 0. The second-order valence-corrected chi connectivity index (χ2v) is 6.69. The molecule has 1 aliphatic rings. The quantitative estimate of drug-likeness (QED) is 0.862. The number of carbonyl (C=O) groups is 1. The van der Waals surface area contributed by atoms with E-state index in [9.17, 15) is 4.79 Å². The van der Waals surface area contributed by atoms with Crippen LogP contribution in [-0.2, 0) is 0 Å². The van der Waals surface area contributed by atoms with E-state index < -0.39 is 0 Å². The minimum Gasteiger partial charge on any atom is -0.481 e. The Bertz CT molecular complexity index is 691. The van der Waals surface area contributed by atoms with E-state index in [1.165, 1.54) is 11.3 Å². The lowest BCUT2D eigenvalue weighted by Gasteiger charge is -2.35. The number of rotatable bonds is 3. The Balaban J connectivity index is 1.63. The van der Waals surface area contributed by atoms with Gasteiger partial charge in [0.2, 0.25) is 5.88 Å². The fraction of sp³-hybridized carbons (Fsp3) is 0.438. The van der Waals surface area contributed by atoms with Gasteiger partial charge in [-0.05, 0) is 19.9 Å². The van der Waals surface area contributed by atoms with Crippen LogP contribution in [0.4, 0.5) is 5.69 Å². The monoisotopic (exact) mass is 332 g/mol. The van der Waals surface area contributed by atoms with Crippen molar-refractivity contribution in [2.75, 3.05) is 38.2 Å². The molecule has 3 heterocycles. The molecule has 0 spiro atoms. The minimum absolute atomic E-state index is 0.0978. The Kier molecular flexibility index (Phi) is 4.47. The average molecular weight is 332 g/mol. The summed E-state index contributed by atoms with van der Waals surface area (Å²) in [5, 5.41) is 0.939. The van der Waals surface area contributed by atoms with E-state index in [0.29, 0.717) is 19.0 Å². The highest BCUT2D eigenvalue weighted by molar-refractivity contribution is 7.13. The van der Waals surface area contributed by atoms with E-state index in [4.69, 9.17) is 4.74 Å².